The SMILES string of the molecule is CCc1cccc(OC(=O)C(CC)(CC)C(=O)Oc2cccc(CC)c2)c1. The third kappa shape index (κ3) is 4.76. The van der Waals surface area contributed by atoms with E-state index in [1.807, 2.05) is 50.2 Å². The van der Waals surface area contributed by atoms with Crippen molar-refractivity contribution in [3.05, 3.63) is 59.7 Å². The molecule has 0 amide bonds. The molecule has 144 valence electrons. The predicted octanol–water partition coefficient (Wildman–Crippen LogP) is 5.13. The molecule has 2 rings (SSSR count). The van der Waals surface area contributed by atoms with Crippen LogP contribution in [0.15, 0.2) is 48.5 Å². The molecule has 0 aliphatic heterocycles. The fourth-order valence-electron chi connectivity index (χ4n) is 2.98. The van der Waals surface area contributed by atoms with Gasteiger partial charge in [0.05, 0.1) is 0 Å². The van der Waals surface area contributed by atoms with E-state index < -0.39 is 17.4 Å². The Morgan fingerprint density at radius 3 is 1.48 bits per heavy atom. The molecule has 0 spiro atoms. The second-order valence-electron chi connectivity index (χ2n) is 6.57. The molecule has 0 bridgehead atoms. The number of esters is 2. The van der Waals surface area contributed by atoms with Gasteiger partial charge in [0.1, 0.15) is 11.5 Å². The number of hydrogen-bond donors (Lipinski definition) is 0. The first kappa shape index (κ1) is 20.7. The summed E-state index contributed by atoms with van der Waals surface area (Å²) in [7, 11) is 0. The molecule has 0 radical (unpaired) electrons. The molecule has 0 atom stereocenters. The van der Waals surface area contributed by atoms with Crippen molar-refractivity contribution in [1.82, 2.24) is 0 Å². The number of carbonyl (C=O) groups excluding carboxylic acids is 2. The maximum Gasteiger partial charge on any atom is 0.328 e. The van der Waals surface area contributed by atoms with Crippen molar-refractivity contribution in [1.29, 1.82) is 0 Å². The Morgan fingerprint density at radius 2 is 1.15 bits per heavy atom. The molecule has 0 unspecified atom stereocenters. The van der Waals surface area contributed by atoms with Gasteiger partial charge in [-0.2, -0.15) is 0 Å². The van der Waals surface area contributed by atoms with E-state index in [-0.39, 0.29) is 0 Å². The minimum absolute atomic E-state index is 0.308. The van der Waals surface area contributed by atoms with E-state index in [0.29, 0.717) is 24.3 Å². The van der Waals surface area contributed by atoms with E-state index in [9.17, 15) is 9.59 Å². The molecule has 0 fully saturated rings. The molecule has 4 heteroatoms. The third-order valence-corrected chi connectivity index (χ3v) is 5.02. The number of rotatable bonds is 8. The van der Waals surface area contributed by atoms with Crippen LogP contribution in [0.1, 0.15) is 51.7 Å². The number of benzene rings is 2. The second-order valence-corrected chi connectivity index (χ2v) is 6.57. The maximum absolute atomic E-state index is 12.9. The van der Waals surface area contributed by atoms with E-state index in [4.69, 9.17) is 9.47 Å². The fourth-order valence-corrected chi connectivity index (χ4v) is 2.98. The molecule has 2 aromatic carbocycles. The molecule has 0 aliphatic carbocycles. The first-order valence-corrected chi connectivity index (χ1v) is 9.61. The molecule has 2 aromatic rings. The predicted molar refractivity (Wildman–Crippen MR) is 106 cm³/mol. The van der Waals surface area contributed by atoms with Crippen LogP contribution >= 0.6 is 0 Å². The summed E-state index contributed by atoms with van der Waals surface area (Å²) < 4.78 is 11.1. The lowest BCUT2D eigenvalue weighted by atomic mass is 9.82. The molecule has 4 nitrogen and oxygen atoms in total. The third-order valence-electron chi connectivity index (χ3n) is 5.02. The van der Waals surface area contributed by atoms with Crippen LogP contribution in [-0.4, -0.2) is 11.9 Å². The summed E-state index contributed by atoms with van der Waals surface area (Å²) >= 11 is 0. The smallest absolute Gasteiger partial charge is 0.328 e. The minimum atomic E-state index is -1.33. The number of carbonyl (C=O) groups is 2. The highest BCUT2D eigenvalue weighted by Crippen LogP contribution is 2.32. The van der Waals surface area contributed by atoms with Gasteiger partial charge in [-0.1, -0.05) is 52.0 Å². The van der Waals surface area contributed by atoms with Gasteiger partial charge >= 0.3 is 11.9 Å². The minimum Gasteiger partial charge on any atom is -0.426 e. The van der Waals surface area contributed by atoms with Crippen LogP contribution in [0.5, 0.6) is 11.5 Å². The highest BCUT2D eigenvalue weighted by molar-refractivity contribution is 6.01. The Morgan fingerprint density at radius 1 is 0.741 bits per heavy atom. The Bertz CT molecular complexity index is 727. The zero-order valence-corrected chi connectivity index (χ0v) is 16.6. The topological polar surface area (TPSA) is 52.6 Å². The zero-order chi connectivity index (χ0) is 19.9. The summed E-state index contributed by atoms with van der Waals surface area (Å²) in [5.74, 6) is -0.243. The summed E-state index contributed by atoms with van der Waals surface area (Å²) in [6.45, 7) is 7.67. The standard InChI is InChI=1S/C23H28O4/c1-5-17-11-9-13-19(15-17)26-21(24)23(7-3,8-4)22(25)27-20-14-10-12-18(6-2)16-20/h9-16H,5-8H2,1-4H3. The Hall–Kier alpha value is -2.62. The molecule has 0 heterocycles. The molecular weight excluding hydrogens is 340 g/mol. The molecule has 0 saturated heterocycles. The summed E-state index contributed by atoms with van der Waals surface area (Å²) in [6.07, 6.45) is 2.30. The van der Waals surface area contributed by atoms with Gasteiger partial charge in [-0.15, -0.1) is 0 Å². The molecular formula is C23H28O4. The summed E-state index contributed by atoms with van der Waals surface area (Å²) in [5, 5.41) is 0. The average molecular weight is 368 g/mol. The van der Waals surface area contributed by atoms with Gasteiger partial charge < -0.3 is 9.47 Å². The van der Waals surface area contributed by atoms with Crippen molar-refractivity contribution in [3.8, 4) is 11.5 Å². The highest BCUT2D eigenvalue weighted by atomic mass is 16.6. The summed E-state index contributed by atoms with van der Waals surface area (Å²) in [4.78, 5) is 25.9. The lowest BCUT2D eigenvalue weighted by Gasteiger charge is -2.26. The number of hydrogen-bond acceptors (Lipinski definition) is 4. The summed E-state index contributed by atoms with van der Waals surface area (Å²) in [6, 6.07) is 14.7. The van der Waals surface area contributed by atoms with Gasteiger partial charge in [-0.25, -0.2) is 0 Å². The fraction of sp³-hybridized carbons (Fsp3) is 0.391. The van der Waals surface area contributed by atoms with E-state index in [0.717, 1.165) is 24.0 Å². The van der Waals surface area contributed by atoms with Crippen LogP contribution in [-0.2, 0) is 22.4 Å². The maximum atomic E-state index is 12.9. The van der Waals surface area contributed by atoms with Gasteiger partial charge in [-0.3, -0.25) is 9.59 Å². The first-order valence-electron chi connectivity index (χ1n) is 9.61. The van der Waals surface area contributed by atoms with E-state index in [1.54, 1.807) is 26.0 Å². The van der Waals surface area contributed by atoms with Crippen LogP contribution in [0.4, 0.5) is 0 Å². The van der Waals surface area contributed by atoms with Crippen LogP contribution in [0.25, 0.3) is 0 Å². The van der Waals surface area contributed by atoms with Crippen LogP contribution < -0.4 is 9.47 Å². The zero-order valence-electron chi connectivity index (χ0n) is 16.6. The molecule has 0 aliphatic rings. The van der Waals surface area contributed by atoms with Crippen molar-refractivity contribution in [3.63, 3.8) is 0 Å². The van der Waals surface area contributed by atoms with Crippen molar-refractivity contribution in [2.45, 2.75) is 53.4 Å². The lowest BCUT2D eigenvalue weighted by molar-refractivity contribution is -0.161. The largest absolute Gasteiger partial charge is 0.426 e. The Balaban J connectivity index is 2.23. The van der Waals surface area contributed by atoms with Crippen molar-refractivity contribution < 1.29 is 19.1 Å². The number of aryl methyl sites for hydroxylation is 2. The van der Waals surface area contributed by atoms with E-state index in [2.05, 4.69) is 0 Å². The van der Waals surface area contributed by atoms with Gasteiger partial charge in [0.25, 0.3) is 0 Å². The second kappa shape index (κ2) is 9.36. The van der Waals surface area contributed by atoms with Crippen molar-refractivity contribution >= 4 is 11.9 Å². The van der Waals surface area contributed by atoms with Gasteiger partial charge in [0.2, 0.25) is 0 Å². The normalized spacial score (nSPS) is 11.1. The van der Waals surface area contributed by atoms with Crippen molar-refractivity contribution in [2.24, 2.45) is 5.41 Å². The number of ether oxygens (including phenoxy) is 2. The van der Waals surface area contributed by atoms with E-state index >= 15 is 0 Å². The molecule has 27 heavy (non-hydrogen) atoms. The van der Waals surface area contributed by atoms with Crippen LogP contribution in [0.2, 0.25) is 0 Å². The quantitative estimate of drug-likeness (QED) is 0.368. The Labute approximate surface area is 161 Å². The van der Waals surface area contributed by atoms with Gasteiger partial charge in [0, 0.05) is 0 Å². The Kier molecular flexibility index (Phi) is 7.17. The molecule has 0 N–H and O–H groups in total. The lowest BCUT2D eigenvalue weighted by Crippen LogP contribution is -2.43. The van der Waals surface area contributed by atoms with Crippen LogP contribution in [0.3, 0.4) is 0 Å². The molecule has 0 saturated carbocycles. The van der Waals surface area contributed by atoms with Gasteiger partial charge in [-0.05, 0) is 61.1 Å². The highest BCUT2D eigenvalue weighted by Gasteiger charge is 2.46. The molecule has 0 aromatic heterocycles. The summed E-state index contributed by atoms with van der Waals surface area (Å²) in [5.41, 5.74) is 0.806. The van der Waals surface area contributed by atoms with Crippen LogP contribution in [0, 0.1) is 5.41 Å². The van der Waals surface area contributed by atoms with E-state index in [1.165, 1.54) is 0 Å². The monoisotopic (exact) mass is 368 g/mol. The van der Waals surface area contributed by atoms with Gasteiger partial charge in [0.15, 0.2) is 5.41 Å². The average Bonchev–Trinajstić information content (AvgIpc) is 2.69. The van der Waals surface area contributed by atoms with Crippen molar-refractivity contribution in [2.75, 3.05) is 0 Å². The first-order chi connectivity index (χ1) is 13.0.